The third kappa shape index (κ3) is 3.98. The summed E-state index contributed by atoms with van der Waals surface area (Å²) in [5, 5.41) is 6.03. The van der Waals surface area contributed by atoms with Crippen molar-refractivity contribution in [2.24, 2.45) is 11.3 Å². The molecule has 0 radical (unpaired) electrons. The highest BCUT2D eigenvalue weighted by Gasteiger charge is 2.31. The number of nitrogens with one attached hydrogen (secondary N) is 2. The Balaban J connectivity index is 2.43. The average molecular weight is 256 g/mol. The van der Waals surface area contributed by atoms with Crippen LogP contribution in [0.1, 0.15) is 33.6 Å². The van der Waals surface area contributed by atoms with Gasteiger partial charge in [-0.2, -0.15) is 0 Å². The van der Waals surface area contributed by atoms with Gasteiger partial charge >= 0.3 is 5.97 Å². The molecule has 0 spiro atoms. The molecule has 1 aliphatic heterocycles. The van der Waals surface area contributed by atoms with Crippen molar-refractivity contribution in [3.05, 3.63) is 0 Å². The standard InChI is InChI=1S/C13H24N2O3/c1-9-5-6-14-10(7-9)11(16)15-8-13(2,3)12(17)18-4/h9-10,14H,5-8H2,1-4H3,(H,15,16). The van der Waals surface area contributed by atoms with Crippen LogP contribution in [0, 0.1) is 11.3 Å². The monoisotopic (exact) mass is 256 g/mol. The summed E-state index contributed by atoms with van der Waals surface area (Å²) >= 11 is 0. The van der Waals surface area contributed by atoms with Crippen LogP contribution in [0.5, 0.6) is 0 Å². The van der Waals surface area contributed by atoms with E-state index in [0.717, 1.165) is 19.4 Å². The van der Waals surface area contributed by atoms with Gasteiger partial charge in [0.1, 0.15) is 0 Å². The van der Waals surface area contributed by atoms with Crippen molar-refractivity contribution in [2.45, 2.75) is 39.7 Å². The van der Waals surface area contributed by atoms with Crippen molar-refractivity contribution in [1.82, 2.24) is 10.6 Å². The maximum Gasteiger partial charge on any atom is 0.313 e. The minimum Gasteiger partial charge on any atom is -0.469 e. The average Bonchev–Trinajstić information content (AvgIpc) is 2.35. The van der Waals surface area contributed by atoms with Gasteiger partial charge in [0, 0.05) is 6.54 Å². The minimum atomic E-state index is -0.690. The summed E-state index contributed by atoms with van der Waals surface area (Å²) in [5.41, 5.74) is -0.690. The molecule has 1 fully saturated rings. The molecule has 0 bridgehead atoms. The number of rotatable bonds is 4. The Kier molecular flexibility index (Phi) is 5.14. The number of hydrogen-bond acceptors (Lipinski definition) is 4. The Morgan fingerprint density at radius 1 is 1.44 bits per heavy atom. The van der Waals surface area contributed by atoms with Gasteiger partial charge in [0.05, 0.1) is 18.6 Å². The SMILES string of the molecule is COC(=O)C(C)(C)CNC(=O)C1CC(C)CCN1. The molecule has 5 nitrogen and oxygen atoms in total. The summed E-state index contributed by atoms with van der Waals surface area (Å²) < 4.78 is 4.70. The summed E-state index contributed by atoms with van der Waals surface area (Å²) in [6, 6.07) is -0.137. The quantitative estimate of drug-likeness (QED) is 0.726. The highest BCUT2D eigenvalue weighted by Crippen LogP contribution is 2.17. The third-order valence-electron chi connectivity index (χ3n) is 3.42. The maximum atomic E-state index is 12.0. The van der Waals surface area contributed by atoms with Crippen LogP contribution in [0.4, 0.5) is 0 Å². The molecular weight excluding hydrogens is 232 g/mol. The fourth-order valence-corrected chi connectivity index (χ4v) is 2.09. The number of hydrogen-bond donors (Lipinski definition) is 2. The zero-order valence-electron chi connectivity index (χ0n) is 11.7. The van der Waals surface area contributed by atoms with Gasteiger partial charge in [-0.15, -0.1) is 0 Å². The topological polar surface area (TPSA) is 67.4 Å². The molecule has 2 atom stereocenters. The van der Waals surface area contributed by atoms with E-state index in [4.69, 9.17) is 4.74 Å². The molecule has 2 N–H and O–H groups in total. The van der Waals surface area contributed by atoms with Crippen LogP contribution in [0.25, 0.3) is 0 Å². The molecule has 1 rings (SSSR count). The van der Waals surface area contributed by atoms with E-state index in [-0.39, 0.29) is 17.9 Å². The van der Waals surface area contributed by atoms with Crippen LogP contribution in [0.15, 0.2) is 0 Å². The van der Waals surface area contributed by atoms with E-state index in [9.17, 15) is 9.59 Å². The summed E-state index contributed by atoms with van der Waals surface area (Å²) in [6.07, 6.45) is 1.96. The van der Waals surface area contributed by atoms with E-state index >= 15 is 0 Å². The molecule has 1 amide bonds. The molecule has 1 heterocycles. The van der Waals surface area contributed by atoms with E-state index in [1.807, 2.05) is 0 Å². The second-order valence-electron chi connectivity index (χ2n) is 5.73. The van der Waals surface area contributed by atoms with Gasteiger partial charge in [-0.3, -0.25) is 9.59 Å². The van der Waals surface area contributed by atoms with Gasteiger partial charge in [0.2, 0.25) is 5.91 Å². The Bertz CT molecular complexity index is 315. The van der Waals surface area contributed by atoms with Gasteiger partial charge in [-0.1, -0.05) is 6.92 Å². The molecule has 0 aromatic heterocycles. The first kappa shape index (κ1) is 15.0. The number of methoxy groups -OCH3 is 1. The molecule has 0 aromatic rings. The van der Waals surface area contributed by atoms with Crippen LogP contribution in [-0.2, 0) is 14.3 Å². The van der Waals surface area contributed by atoms with Gasteiger partial charge in [-0.25, -0.2) is 0 Å². The summed E-state index contributed by atoms with van der Waals surface area (Å²) in [5.74, 6) is 0.224. The molecule has 0 aliphatic carbocycles. The van der Waals surface area contributed by atoms with E-state index in [0.29, 0.717) is 12.5 Å². The molecule has 0 saturated carbocycles. The summed E-state index contributed by atoms with van der Waals surface area (Å²) in [7, 11) is 1.36. The van der Waals surface area contributed by atoms with E-state index in [2.05, 4.69) is 17.6 Å². The number of amides is 1. The number of piperidine rings is 1. The number of ether oxygens (including phenoxy) is 1. The summed E-state index contributed by atoms with van der Waals surface area (Å²) in [4.78, 5) is 23.5. The normalized spacial score (nSPS) is 24.4. The van der Waals surface area contributed by atoms with E-state index in [1.54, 1.807) is 13.8 Å². The second-order valence-corrected chi connectivity index (χ2v) is 5.73. The van der Waals surface area contributed by atoms with Crippen molar-refractivity contribution < 1.29 is 14.3 Å². The molecule has 0 aromatic carbocycles. The summed E-state index contributed by atoms with van der Waals surface area (Å²) in [6.45, 7) is 6.84. The van der Waals surface area contributed by atoms with Crippen LogP contribution < -0.4 is 10.6 Å². The molecule has 104 valence electrons. The third-order valence-corrected chi connectivity index (χ3v) is 3.42. The first-order valence-corrected chi connectivity index (χ1v) is 6.46. The Morgan fingerprint density at radius 2 is 2.11 bits per heavy atom. The first-order valence-electron chi connectivity index (χ1n) is 6.46. The van der Waals surface area contributed by atoms with E-state index < -0.39 is 5.41 Å². The van der Waals surface area contributed by atoms with Gasteiger partial charge < -0.3 is 15.4 Å². The largest absolute Gasteiger partial charge is 0.469 e. The van der Waals surface area contributed by atoms with Gasteiger partial charge in [0.15, 0.2) is 0 Å². The Hall–Kier alpha value is -1.10. The Labute approximate surface area is 109 Å². The van der Waals surface area contributed by atoms with Crippen molar-refractivity contribution in [1.29, 1.82) is 0 Å². The number of carbonyl (C=O) groups is 2. The number of esters is 1. The molecule has 5 heteroatoms. The zero-order chi connectivity index (χ0) is 13.8. The highest BCUT2D eigenvalue weighted by atomic mass is 16.5. The predicted molar refractivity (Wildman–Crippen MR) is 69.0 cm³/mol. The van der Waals surface area contributed by atoms with Crippen molar-refractivity contribution in [3.63, 3.8) is 0 Å². The zero-order valence-corrected chi connectivity index (χ0v) is 11.7. The van der Waals surface area contributed by atoms with Crippen LogP contribution in [-0.4, -0.2) is 38.1 Å². The number of carbonyl (C=O) groups excluding carboxylic acids is 2. The van der Waals surface area contributed by atoms with Gasteiger partial charge in [0.25, 0.3) is 0 Å². The first-order chi connectivity index (χ1) is 8.36. The molecule has 1 saturated heterocycles. The lowest BCUT2D eigenvalue weighted by molar-refractivity contribution is -0.150. The lowest BCUT2D eigenvalue weighted by Gasteiger charge is -2.29. The van der Waals surface area contributed by atoms with Crippen molar-refractivity contribution in [2.75, 3.05) is 20.2 Å². The fraction of sp³-hybridized carbons (Fsp3) is 0.846. The van der Waals surface area contributed by atoms with Crippen molar-refractivity contribution in [3.8, 4) is 0 Å². The lowest BCUT2D eigenvalue weighted by Crippen LogP contribution is -2.51. The van der Waals surface area contributed by atoms with E-state index in [1.165, 1.54) is 7.11 Å². The second kappa shape index (κ2) is 6.18. The molecule has 2 unspecified atom stereocenters. The van der Waals surface area contributed by atoms with Crippen LogP contribution >= 0.6 is 0 Å². The fourth-order valence-electron chi connectivity index (χ4n) is 2.09. The van der Waals surface area contributed by atoms with Crippen molar-refractivity contribution >= 4 is 11.9 Å². The molecular formula is C13H24N2O3. The minimum absolute atomic E-state index is 0.0291. The van der Waals surface area contributed by atoms with Crippen LogP contribution in [0.2, 0.25) is 0 Å². The molecule has 1 aliphatic rings. The Morgan fingerprint density at radius 3 is 2.67 bits per heavy atom. The van der Waals surface area contributed by atoms with Gasteiger partial charge in [-0.05, 0) is 39.2 Å². The highest BCUT2D eigenvalue weighted by molar-refractivity contribution is 5.83. The smallest absolute Gasteiger partial charge is 0.313 e. The van der Waals surface area contributed by atoms with Crippen LogP contribution in [0.3, 0.4) is 0 Å². The maximum absolute atomic E-state index is 12.0. The molecule has 18 heavy (non-hydrogen) atoms. The lowest BCUT2D eigenvalue weighted by atomic mass is 9.92. The predicted octanol–water partition coefficient (Wildman–Crippen LogP) is 0.690.